The molecular formula is C24H32N6O2. The van der Waals surface area contributed by atoms with E-state index < -0.39 is 6.10 Å². The van der Waals surface area contributed by atoms with Crippen LogP contribution in [-0.2, 0) is 20.1 Å². The zero-order valence-corrected chi connectivity index (χ0v) is 19.1. The molecule has 0 aliphatic carbocycles. The van der Waals surface area contributed by atoms with E-state index in [1.165, 1.54) is 0 Å². The van der Waals surface area contributed by atoms with Gasteiger partial charge in [0.05, 0.1) is 25.3 Å². The predicted molar refractivity (Wildman–Crippen MR) is 125 cm³/mol. The summed E-state index contributed by atoms with van der Waals surface area (Å²) >= 11 is 0. The van der Waals surface area contributed by atoms with Crippen LogP contribution >= 0.6 is 0 Å². The normalized spacial score (nSPS) is 12.6. The molecule has 1 atom stereocenters. The molecule has 0 saturated heterocycles. The standard InChI is InChI=1S/C24H32N6O2/c1-17(2)32-21-12-8-11-20(13-21)22(31)15-26-24(25-14-19-9-6-5-7-10-19)27-16-23-29-28-18(3)30(23)4/h5-13,17,22,31H,14-16H2,1-4H3,(H2,25,26,27). The van der Waals surface area contributed by atoms with Gasteiger partial charge in [-0.05, 0) is 44.0 Å². The van der Waals surface area contributed by atoms with Crippen LogP contribution in [0.5, 0.6) is 5.75 Å². The highest BCUT2D eigenvalue weighted by molar-refractivity contribution is 5.79. The minimum atomic E-state index is -0.716. The maximum absolute atomic E-state index is 10.7. The third kappa shape index (κ3) is 6.81. The van der Waals surface area contributed by atoms with E-state index >= 15 is 0 Å². The van der Waals surface area contributed by atoms with Crippen LogP contribution in [0.15, 0.2) is 59.6 Å². The summed E-state index contributed by atoms with van der Waals surface area (Å²) in [6.45, 7) is 7.14. The molecule has 3 rings (SSSR count). The Labute approximate surface area is 189 Å². The highest BCUT2D eigenvalue weighted by atomic mass is 16.5. The molecular weight excluding hydrogens is 404 g/mol. The summed E-state index contributed by atoms with van der Waals surface area (Å²) in [6.07, 6.45) is -0.641. The Hall–Kier alpha value is -3.39. The molecule has 0 radical (unpaired) electrons. The number of aryl methyl sites for hydroxylation is 1. The summed E-state index contributed by atoms with van der Waals surface area (Å²) in [5.74, 6) is 2.97. The summed E-state index contributed by atoms with van der Waals surface area (Å²) < 4.78 is 7.66. The molecule has 32 heavy (non-hydrogen) atoms. The summed E-state index contributed by atoms with van der Waals surface area (Å²) in [4.78, 5) is 4.67. The van der Waals surface area contributed by atoms with Crippen LogP contribution in [0.2, 0.25) is 0 Å². The van der Waals surface area contributed by atoms with Crippen LogP contribution in [-0.4, -0.2) is 38.5 Å². The molecule has 3 N–H and O–H groups in total. The summed E-state index contributed by atoms with van der Waals surface area (Å²) in [7, 11) is 1.93. The van der Waals surface area contributed by atoms with Gasteiger partial charge in [0, 0.05) is 13.6 Å². The highest BCUT2D eigenvalue weighted by Gasteiger charge is 2.12. The van der Waals surface area contributed by atoms with Crippen molar-refractivity contribution in [3.63, 3.8) is 0 Å². The molecule has 0 amide bonds. The fourth-order valence-corrected chi connectivity index (χ4v) is 3.07. The molecule has 1 aromatic heterocycles. The van der Waals surface area contributed by atoms with Crippen molar-refractivity contribution < 1.29 is 9.84 Å². The minimum Gasteiger partial charge on any atom is -0.491 e. The maximum Gasteiger partial charge on any atom is 0.192 e. The van der Waals surface area contributed by atoms with Gasteiger partial charge in [-0.3, -0.25) is 0 Å². The number of aliphatic imine (C=N–C) groups is 1. The van der Waals surface area contributed by atoms with Gasteiger partial charge in [-0.15, -0.1) is 10.2 Å². The van der Waals surface area contributed by atoms with Crippen molar-refractivity contribution in [3.8, 4) is 5.75 Å². The smallest absolute Gasteiger partial charge is 0.192 e. The van der Waals surface area contributed by atoms with Gasteiger partial charge in [0.2, 0.25) is 0 Å². The Bertz CT molecular complexity index is 1020. The summed E-state index contributed by atoms with van der Waals surface area (Å²) in [6, 6.07) is 17.5. The topological polar surface area (TPSA) is 96.6 Å². The Morgan fingerprint density at radius 1 is 1.09 bits per heavy atom. The average Bonchev–Trinajstić information content (AvgIpc) is 3.11. The Morgan fingerprint density at radius 2 is 1.88 bits per heavy atom. The summed E-state index contributed by atoms with van der Waals surface area (Å²) in [5.41, 5.74) is 1.88. The number of hydrogen-bond acceptors (Lipinski definition) is 5. The largest absolute Gasteiger partial charge is 0.491 e. The van der Waals surface area contributed by atoms with Crippen LogP contribution in [0.25, 0.3) is 0 Å². The van der Waals surface area contributed by atoms with Gasteiger partial charge >= 0.3 is 0 Å². The van der Waals surface area contributed by atoms with Crippen molar-refractivity contribution in [2.75, 3.05) is 6.54 Å². The quantitative estimate of drug-likeness (QED) is 0.353. The molecule has 0 aliphatic heterocycles. The van der Waals surface area contributed by atoms with E-state index in [-0.39, 0.29) is 6.10 Å². The van der Waals surface area contributed by atoms with Crippen LogP contribution in [0.3, 0.4) is 0 Å². The van der Waals surface area contributed by atoms with E-state index in [2.05, 4.69) is 25.8 Å². The molecule has 1 unspecified atom stereocenters. The number of aliphatic hydroxyl groups is 1. The molecule has 1 heterocycles. The van der Waals surface area contributed by atoms with Gasteiger partial charge in [-0.2, -0.15) is 0 Å². The lowest BCUT2D eigenvalue weighted by molar-refractivity contribution is 0.179. The van der Waals surface area contributed by atoms with E-state index in [1.807, 2.05) is 87.0 Å². The van der Waals surface area contributed by atoms with Gasteiger partial charge in [-0.25, -0.2) is 4.99 Å². The fraction of sp³-hybridized carbons (Fsp3) is 0.375. The Balaban J connectivity index is 1.66. The Morgan fingerprint density at radius 3 is 2.56 bits per heavy atom. The molecule has 8 nitrogen and oxygen atoms in total. The zero-order valence-electron chi connectivity index (χ0n) is 19.1. The third-order valence-corrected chi connectivity index (χ3v) is 4.94. The number of benzene rings is 2. The van der Waals surface area contributed by atoms with Crippen molar-refractivity contribution >= 4 is 5.96 Å². The lowest BCUT2D eigenvalue weighted by Crippen LogP contribution is -2.39. The lowest BCUT2D eigenvalue weighted by atomic mass is 10.1. The second kappa shape index (κ2) is 11.3. The zero-order chi connectivity index (χ0) is 22.9. The first-order valence-corrected chi connectivity index (χ1v) is 10.8. The lowest BCUT2D eigenvalue weighted by Gasteiger charge is -2.17. The van der Waals surface area contributed by atoms with E-state index in [4.69, 9.17) is 4.74 Å². The number of nitrogens with one attached hydrogen (secondary N) is 2. The number of aromatic nitrogens is 3. The minimum absolute atomic E-state index is 0.0747. The van der Waals surface area contributed by atoms with Crippen LogP contribution in [0.1, 0.15) is 42.7 Å². The van der Waals surface area contributed by atoms with Gasteiger partial charge in [0.25, 0.3) is 0 Å². The van der Waals surface area contributed by atoms with Crippen molar-refractivity contribution in [1.29, 1.82) is 0 Å². The second-order valence-corrected chi connectivity index (χ2v) is 7.86. The predicted octanol–water partition coefficient (Wildman–Crippen LogP) is 2.88. The first-order valence-electron chi connectivity index (χ1n) is 10.8. The highest BCUT2D eigenvalue weighted by Crippen LogP contribution is 2.20. The van der Waals surface area contributed by atoms with Crippen molar-refractivity contribution in [3.05, 3.63) is 77.4 Å². The average molecular weight is 437 g/mol. The fourth-order valence-electron chi connectivity index (χ4n) is 3.07. The number of guanidine groups is 1. The molecule has 0 fully saturated rings. The van der Waals surface area contributed by atoms with E-state index in [1.54, 1.807) is 0 Å². The van der Waals surface area contributed by atoms with E-state index in [9.17, 15) is 5.11 Å². The van der Waals surface area contributed by atoms with E-state index in [0.29, 0.717) is 25.6 Å². The number of nitrogens with zero attached hydrogens (tertiary/aromatic N) is 4. The molecule has 2 aromatic carbocycles. The number of ether oxygens (including phenoxy) is 1. The molecule has 3 aromatic rings. The third-order valence-electron chi connectivity index (χ3n) is 4.94. The molecule has 0 aliphatic rings. The van der Waals surface area contributed by atoms with Gasteiger partial charge in [-0.1, -0.05) is 42.5 Å². The molecule has 0 bridgehead atoms. The van der Waals surface area contributed by atoms with Crippen LogP contribution < -0.4 is 15.4 Å². The van der Waals surface area contributed by atoms with Gasteiger partial charge < -0.3 is 25.0 Å². The van der Waals surface area contributed by atoms with Crippen molar-refractivity contribution in [1.82, 2.24) is 25.4 Å². The number of aliphatic hydroxyl groups excluding tert-OH is 1. The first-order chi connectivity index (χ1) is 15.4. The van der Waals surface area contributed by atoms with Crippen molar-refractivity contribution in [2.45, 2.75) is 46.1 Å². The first kappa shape index (κ1) is 23.3. The molecule has 8 heteroatoms. The van der Waals surface area contributed by atoms with Gasteiger partial charge in [0.15, 0.2) is 11.8 Å². The maximum atomic E-state index is 10.7. The van der Waals surface area contributed by atoms with Crippen molar-refractivity contribution in [2.24, 2.45) is 12.0 Å². The number of rotatable bonds is 9. The van der Waals surface area contributed by atoms with Crippen LogP contribution in [0, 0.1) is 6.92 Å². The second-order valence-electron chi connectivity index (χ2n) is 7.86. The molecule has 0 spiro atoms. The van der Waals surface area contributed by atoms with Gasteiger partial charge in [0.1, 0.15) is 11.6 Å². The van der Waals surface area contributed by atoms with E-state index in [0.717, 1.165) is 28.5 Å². The SMILES string of the molecule is Cc1nnc(CNC(=NCc2ccccc2)NCC(O)c2cccc(OC(C)C)c2)n1C. The van der Waals surface area contributed by atoms with Crippen LogP contribution in [0.4, 0.5) is 0 Å². The molecule has 170 valence electrons. The summed E-state index contributed by atoms with van der Waals surface area (Å²) in [5, 5.41) is 25.5. The monoisotopic (exact) mass is 436 g/mol. The molecule has 0 saturated carbocycles. The number of hydrogen-bond donors (Lipinski definition) is 3. The Kier molecular flexibility index (Phi) is 8.21.